The molecule has 0 aromatic carbocycles. The number of hydrogen-bond donors (Lipinski definition) is 1. The van der Waals surface area contributed by atoms with Gasteiger partial charge in [0.15, 0.2) is 5.65 Å². The lowest BCUT2D eigenvalue weighted by Gasteiger charge is -2.18. The van der Waals surface area contributed by atoms with Gasteiger partial charge in [0.2, 0.25) is 0 Å². The van der Waals surface area contributed by atoms with E-state index in [4.69, 9.17) is 0 Å². The summed E-state index contributed by atoms with van der Waals surface area (Å²) < 4.78 is 0. The Morgan fingerprint density at radius 2 is 2.00 bits per heavy atom. The van der Waals surface area contributed by atoms with E-state index in [9.17, 15) is 0 Å². The lowest BCUT2D eigenvalue weighted by atomic mass is 9.87. The normalized spacial score (nSPS) is 12.2. The highest BCUT2D eigenvalue weighted by Crippen LogP contribution is 2.26. The van der Waals surface area contributed by atoms with Crippen molar-refractivity contribution in [3.8, 4) is 0 Å². The molecule has 0 atom stereocenters. The topological polar surface area (TPSA) is 54.5 Å². The summed E-state index contributed by atoms with van der Waals surface area (Å²) in [4.78, 5) is 0. The molecule has 0 bridgehead atoms. The molecule has 13 heavy (non-hydrogen) atoms. The van der Waals surface area contributed by atoms with Crippen LogP contribution in [0.4, 0.5) is 0 Å². The minimum atomic E-state index is 0.0814. The lowest BCUT2D eigenvalue weighted by molar-refractivity contribution is 0.591. The van der Waals surface area contributed by atoms with Gasteiger partial charge in [-0.1, -0.05) is 20.8 Å². The molecule has 0 aliphatic heterocycles. The standard InChI is InChI=1S/C9H12N4/c1-9(2,3)7-5-11-13-8-6(7)4-10-12-8/h4-5H,1-3H3,(H,10,12,13). The zero-order valence-corrected chi connectivity index (χ0v) is 8.00. The first-order chi connectivity index (χ1) is 6.09. The maximum absolute atomic E-state index is 3.95. The van der Waals surface area contributed by atoms with Gasteiger partial charge < -0.3 is 0 Å². The van der Waals surface area contributed by atoms with Crippen molar-refractivity contribution in [3.63, 3.8) is 0 Å². The van der Waals surface area contributed by atoms with Crippen LogP contribution >= 0.6 is 0 Å². The quantitative estimate of drug-likeness (QED) is 0.664. The van der Waals surface area contributed by atoms with E-state index in [0.717, 1.165) is 11.0 Å². The molecular formula is C9H12N4. The second-order valence-corrected chi connectivity index (χ2v) is 4.14. The lowest BCUT2D eigenvalue weighted by Crippen LogP contribution is -2.12. The van der Waals surface area contributed by atoms with Gasteiger partial charge in [0, 0.05) is 5.39 Å². The van der Waals surface area contributed by atoms with Crippen LogP contribution in [0.2, 0.25) is 0 Å². The highest BCUT2D eigenvalue weighted by Gasteiger charge is 2.18. The van der Waals surface area contributed by atoms with E-state index in [0.29, 0.717) is 0 Å². The van der Waals surface area contributed by atoms with E-state index < -0.39 is 0 Å². The van der Waals surface area contributed by atoms with Gasteiger partial charge in [-0.25, -0.2) is 0 Å². The zero-order chi connectivity index (χ0) is 9.47. The largest absolute Gasteiger partial charge is 0.259 e. The number of nitrogens with zero attached hydrogens (tertiary/aromatic N) is 3. The number of aromatic nitrogens is 4. The molecule has 4 nitrogen and oxygen atoms in total. The molecule has 4 heteroatoms. The third-order valence-electron chi connectivity index (χ3n) is 2.06. The maximum atomic E-state index is 3.95. The smallest absolute Gasteiger partial charge is 0.178 e. The third kappa shape index (κ3) is 1.28. The van der Waals surface area contributed by atoms with Gasteiger partial charge in [-0.05, 0) is 11.0 Å². The fraction of sp³-hybridized carbons (Fsp3) is 0.444. The summed E-state index contributed by atoms with van der Waals surface area (Å²) in [5, 5.41) is 15.7. The average molecular weight is 176 g/mol. The Bertz CT molecular complexity index is 424. The molecule has 0 saturated heterocycles. The van der Waals surface area contributed by atoms with E-state index in [1.54, 1.807) is 12.4 Å². The fourth-order valence-corrected chi connectivity index (χ4v) is 1.36. The summed E-state index contributed by atoms with van der Waals surface area (Å²) in [6.45, 7) is 6.45. The highest BCUT2D eigenvalue weighted by atomic mass is 15.2. The molecule has 0 fully saturated rings. The highest BCUT2D eigenvalue weighted by molar-refractivity contribution is 5.78. The predicted molar refractivity (Wildman–Crippen MR) is 50.4 cm³/mol. The second-order valence-electron chi connectivity index (χ2n) is 4.14. The van der Waals surface area contributed by atoms with Gasteiger partial charge in [-0.2, -0.15) is 10.2 Å². The molecule has 0 spiro atoms. The first-order valence-electron chi connectivity index (χ1n) is 4.24. The summed E-state index contributed by atoms with van der Waals surface area (Å²) in [6.07, 6.45) is 3.60. The van der Waals surface area contributed by atoms with Gasteiger partial charge in [-0.3, -0.25) is 5.10 Å². The van der Waals surface area contributed by atoms with E-state index in [1.165, 1.54) is 5.56 Å². The number of H-pyrrole nitrogens is 1. The van der Waals surface area contributed by atoms with Gasteiger partial charge in [0.05, 0.1) is 12.4 Å². The minimum Gasteiger partial charge on any atom is -0.259 e. The molecule has 1 N–H and O–H groups in total. The third-order valence-corrected chi connectivity index (χ3v) is 2.06. The molecule has 0 aliphatic carbocycles. The van der Waals surface area contributed by atoms with Crippen LogP contribution in [0.25, 0.3) is 11.0 Å². The number of hydrogen-bond acceptors (Lipinski definition) is 3. The van der Waals surface area contributed by atoms with Crippen molar-refractivity contribution in [2.24, 2.45) is 0 Å². The predicted octanol–water partition coefficient (Wildman–Crippen LogP) is 1.65. The number of nitrogens with one attached hydrogen (secondary N) is 1. The summed E-state index contributed by atoms with van der Waals surface area (Å²) in [5.41, 5.74) is 2.01. The molecule has 2 aromatic rings. The summed E-state index contributed by atoms with van der Waals surface area (Å²) in [7, 11) is 0. The molecule has 0 radical (unpaired) electrons. The second kappa shape index (κ2) is 2.52. The van der Waals surface area contributed by atoms with E-state index in [1.807, 2.05) is 0 Å². The van der Waals surface area contributed by atoms with Crippen molar-refractivity contribution in [3.05, 3.63) is 18.0 Å². The minimum absolute atomic E-state index is 0.0814. The summed E-state index contributed by atoms with van der Waals surface area (Å²) in [6, 6.07) is 0. The Morgan fingerprint density at radius 1 is 1.23 bits per heavy atom. The molecular weight excluding hydrogens is 164 g/mol. The molecule has 0 aliphatic rings. The zero-order valence-electron chi connectivity index (χ0n) is 8.00. The number of rotatable bonds is 0. The fourth-order valence-electron chi connectivity index (χ4n) is 1.36. The van der Waals surface area contributed by atoms with Crippen molar-refractivity contribution in [1.29, 1.82) is 0 Å². The Kier molecular flexibility index (Phi) is 1.58. The molecule has 2 aromatic heterocycles. The van der Waals surface area contributed by atoms with Crippen molar-refractivity contribution in [2.45, 2.75) is 26.2 Å². The molecule has 2 rings (SSSR count). The van der Waals surface area contributed by atoms with Crippen LogP contribution in [0.15, 0.2) is 12.4 Å². The van der Waals surface area contributed by atoms with Crippen LogP contribution < -0.4 is 0 Å². The van der Waals surface area contributed by atoms with Crippen molar-refractivity contribution in [1.82, 2.24) is 20.4 Å². The van der Waals surface area contributed by atoms with Crippen molar-refractivity contribution >= 4 is 11.0 Å². The van der Waals surface area contributed by atoms with Gasteiger partial charge in [0.25, 0.3) is 0 Å². The van der Waals surface area contributed by atoms with Crippen LogP contribution in [0, 0.1) is 0 Å². The Balaban J connectivity index is 2.75. The Hall–Kier alpha value is -1.45. The number of fused-ring (bicyclic) bond motifs is 1. The first-order valence-corrected chi connectivity index (χ1v) is 4.24. The number of aromatic amines is 1. The van der Waals surface area contributed by atoms with E-state index in [2.05, 4.69) is 41.2 Å². The van der Waals surface area contributed by atoms with E-state index >= 15 is 0 Å². The first kappa shape index (κ1) is 8.16. The van der Waals surface area contributed by atoms with Crippen LogP contribution in [0.1, 0.15) is 26.3 Å². The monoisotopic (exact) mass is 176 g/mol. The van der Waals surface area contributed by atoms with Crippen molar-refractivity contribution in [2.75, 3.05) is 0 Å². The average Bonchev–Trinajstić information content (AvgIpc) is 2.48. The Morgan fingerprint density at radius 3 is 2.69 bits per heavy atom. The molecule has 0 saturated carbocycles. The van der Waals surface area contributed by atoms with Gasteiger partial charge >= 0.3 is 0 Å². The van der Waals surface area contributed by atoms with Gasteiger partial charge in [0.1, 0.15) is 0 Å². The van der Waals surface area contributed by atoms with Crippen LogP contribution in [-0.2, 0) is 5.41 Å². The Labute approximate surface area is 76.4 Å². The SMILES string of the molecule is CC(C)(C)c1cnnc2[nH]ncc12. The van der Waals surface area contributed by atoms with Crippen LogP contribution in [0.5, 0.6) is 0 Å². The summed E-state index contributed by atoms with van der Waals surface area (Å²) >= 11 is 0. The molecule has 2 heterocycles. The van der Waals surface area contributed by atoms with Crippen LogP contribution in [0.3, 0.4) is 0 Å². The van der Waals surface area contributed by atoms with Gasteiger partial charge in [-0.15, -0.1) is 5.10 Å². The molecule has 68 valence electrons. The maximum Gasteiger partial charge on any atom is 0.178 e. The summed E-state index contributed by atoms with van der Waals surface area (Å²) in [5.74, 6) is 0. The van der Waals surface area contributed by atoms with E-state index in [-0.39, 0.29) is 5.41 Å². The molecule has 0 amide bonds. The van der Waals surface area contributed by atoms with Crippen LogP contribution in [-0.4, -0.2) is 20.4 Å². The van der Waals surface area contributed by atoms with Crippen molar-refractivity contribution < 1.29 is 0 Å². The molecule has 0 unspecified atom stereocenters.